The van der Waals surface area contributed by atoms with E-state index in [1.54, 1.807) is 4.90 Å². The van der Waals surface area contributed by atoms with Crippen molar-refractivity contribution in [1.29, 1.82) is 5.26 Å². The van der Waals surface area contributed by atoms with Crippen LogP contribution < -0.4 is 4.90 Å². The van der Waals surface area contributed by atoms with Gasteiger partial charge in [-0.05, 0) is 30.5 Å². The topological polar surface area (TPSA) is 64.3 Å². The summed E-state index contributed by atoms with van der Waals surface area (Å²) in [7, 11) is 0. The zero-order chi connectivity index (χ0) is 13.3. The van der Waals surface area contributed by atoms with E-state index >= 15 is 0 Å². The second-order valence-electron chi connectivity index (χ2n) is 4.52. The number of carbonyl (C=O) groups is 1. The van der Waals surface area contributed by atoms with Crippen molar-refractivity contribution in [2.75, 3.05) is 11.4 Å². The Morgan fingerprint density at radius 1 is 1.61 bits per heavy atom. The first-order chi connectivity index (χ1) is 8.54. The lowest BCUT2D eigenvalue weighted by Crippen LogP contribution is -2.39. The van der Waals surface area contributed by atoms with E-state index in [4.69, 9.17) is 5.26 Å². The monoisotopic (exact) mass is 248 g/mol. The zero-order valence-corrected chi connectivity index (χ0v) is 9.93. The number of benzene rings is 1. The van der Waals surface area contributed by atoms with Gasteiger partial charge < -0.3 is 10.0 Å². The van der Waals surface area contributed by atoms with E-state index in [1.807, 2.05) is 13.0 Å². The minimum absolute atomic E-state index is 0.0162. The summed E-state index contributed by atoms with van der Waals surface area (Å²) in [4.78, 5) is 12.8. The van der Waals surface area contributed by atoms with Crippen LogP contribution in [0.4, 0.5) is 10.1 Å². The second-order valence-corrected chi connectivity index (χ2v) is 4.52. The van der Waals surface area contributed by atoms with E-state index < -0.39 is 17.8 Å². The normalized spacial score (nSPS) is 22.8. The standard InChI is InChI=1S/C13H13FN2O2/c1-8-4-5-16(12(8)13(17)18)11-3-2-9(7-15)6-10(11)14/h2-3,6,8,12H,4-5H2,1H3,(H,17,18). The van der Waals surface area contributed by atoms with Crippen molar-refractivity contribution in [2.24, 2.45) is 5.92 Å². The number of hydrogen-bond donors (Lipinski definition) is 1. The minimum Gasteiger partial charge on any atom is -0.480 e. The maximum atomic E-state index is 13.9. The molecule has 1 aliphatic rings. The third kappa shape index (κ3) is 2.02. The van der Waals surface area contributed by atoms with Crippen LogP contribution in [0.2, 0.25) is 0 Å². The van der Waals surface area contributed by atoms with Crippen LogP contribution in [0.1, 0.15) is 18.9 Å². The van der Waals surface area contributed by atoms with Crippen LogP contribution in [-0.4, -0.2) is 23.7 Å². The van der Waals surface area contributed by atoms with Crippen LogP contribution in [0, 0.1) is 23.1 Å². The van der Waals surface area contributed by atoms with E-state index in [0.717, 1.165) is 12.5 Å². The highest BCUT2D eigenvalue weighted by molar-refractivity contribution is 5.79. The van der Waals surface area contributed by atoms with Gasteiger partial charge in [-0.25, -0.2) is 9.18 Å². The van der Waals surface area contributed by atoms with Gasteiger partial charge in [0.05, 0.1) is 17.3 Å². The maximum absolute atomic E-state index is 13.9. The van der Waals surface area contributed by atoms with Gasteiger partial charge in [0.1, 0.15) is 11.9 Å². The highest BCUT2D eigenvalue weighted by Crippen LogP contribution is 2.31. The number of nitrogens with zero attached hydrogens (tertiary/aromatic N) is 2. The summed E-state index contributed by atoms with van der Waals surface area (Å²) in [6.45, 7) is 2.36. The molecule has 1 aliphatic heterocycles. The average molecular weight is 248 g/mol. The molecule has 18 heavy (non-hydrogen) atoms. The van der Waals surface area contributed by atoms with E-state index in [2.05, 4.69) is 0 Å². The van der Waals surface area contributed by atoms with Crippen molar-refractivity contribution in [1.82, 2.24) is 0 Å². The Balaban J connectivity index is 2.37. The van der Waals surface area contributed by atoms with Crippen molar-refractivity contribution in [2.45, 2.75) is 19.4 Å². The fourth-order valence-corrected chi connectivity index (χ4v) is 2.40. The average Bonchev–Trinajstić information content (AvgIpc) is 2.70. The summed E-state index contributed by atoms with van der Waals surface area (Å²) in [5, 5.41) is 17.9. The Morgan fingerprint density at radius 3 is 2.89 bits per heavy atom. The van der Waals surface area contributed by atoms with Crippen molar-refractivity contribution >= 4 is 11.7 Å². The van der Waals surface area contributed by atoms with Gasteiger partial charge in [-0.2, -0.15) is 5.26 Å². The summed E-state index contributed by atoms with van der Waals surface area (Å²) in [5.41, 5.74) is 0.487. The van der Waals surface area contributed by atoms with Gasteiger partial charge in [-0.15, -0.1) is 0 Å². The summed E-state index contributed by atoms with van der Waals surface area (Å²) in [5.74, 6) is -1.50. The van der Waals surface area contributed by atoms with Gasteiger partial charge in [0.2, 0.25) is 0 Å². The second kappa shape index (κ2) is 4.65. The molecule has 1 fully saturated rings. The Morgan fingerprint density at radius 2 is 2.33 bits per heavy atom. The number of nitriles is 1. The molecular weight excluding hydrogens is 235 g/mol. The van der Waals surface area contributed by atoms with Gasteiger partial charge >= 0.3 is 5.97 Å². The lowest BCUT2D eigenvalue weighted by Gasteiger charge is -2.25. The summed E-state index contributed by atoms with van der Waals surface area (Å²) in [6, 6.07) is 5.26. The minimum atomic E-state index is -0.941. The van der Waals surface area contributed by atoms with Crippen LogP contribution in [0.25, 0.3) is 0 Å². The highest BCUT2D eigenvalue weighted by atomic mass is 19.1. The first-order valence-electron chi connectivity index (χ1n) is 5.73. The first-order valence-corrected chi connectivity index (χ1v) is 5.73. The highest BCUT2D eigenvalue weighted by Gasteiger charge is 2.37. The van der Waals surface area contributed by atoms with E-state index in [9.17, 15) is 14.3 Å². The molecule has 0 bridgehead atoms. The fourth-order valence-electron chi connectivity index (χ4n) is 2.40. The number of anilines is 1. The molecule has 0 spiro atoms. The van der Waals surface area contributed by atoms with Gasteiger partial charge in [0.25, 0.3) is 0 Å². The maximum Gasteiger partial charge on any atom is 0.326 e. The summed E-state index contributed by atoms with van der Waals surface area (Å²) >= 11 is 0. The molecule has 2 atom stereocenters. The molecule has 4 nitrogen and oxygen atoms in total. The Kier molecular flexibility index (Phi) is 3.19. The molecule has 1 aromatic rings. The Hall–Kier alpha value is -2.09. The lowest BCUT2D eigenvalue weighted by molar-refractivity contribution is -0.139. The van der Waals surface area contributed by atoms with E-state index in [0.29, 0.717) is 6.54 Å². The molecule has 94 valence electrons. The largest absolute Gasteiger partial charge is 0.480 e. The quantitative estimate of drug-likeness (QED) is 0.869. The van der Waals surface area contributed by atoms with Crippen LogP contribution in [0.5, 0.6) is 0 Å². The van der Waals surface area contributed by atoms with Crippen molar-refractivity contribution in [3.05, 3.63) is 29.6 Å². The molecule has 0 radical (unpaired) electrons. The van der Waals surface area contributed by atoms with Crippen molar-refractivity contribution in [3.8, 4) is 6.07 Å². The lowest BCUT2D eigenvalue weighted by atomic mass is 10.0. The number of carboxylic acids is 1. The fraction of sp³-hybridized carbons (Fsp3) is 0.385. The third-order valence-electron chi connectivity index (χ3n) is 3.34. The van der Waals surface area contributed by atoms with Crippen LogP contribution >= 0.6 is 0 Å². The molecule has 0 amide bonds. The van der Waals surface area contributed by atoms with Gasteiger partial charge in [0, 0.05) is 6.54 Å². The third-order valence-corrected chi connectivity index (χ3v) is 3.34. The molecule has 1 saturated heterocycles. The Bertz CT molecular complexity index is 524. The van der Waals surface area contributed by atoms with Gasteiger partial charge in [0.15, 0.2) is 0 Å². The molecule has 0 saturated carbocycles. The molecule has 1 N–H and O–H groups in total. The zero-order valence-electron chi connectivity index (χ0n) is 9.93. The van der Waals surface area contributed by atoms with Gasteiger partial charge in [-0.3, -0.25) is 0 Å². The SMILES string of the molecule is CC1CCN(c2ccc(C#N)cc2F)C1C(=O)O. The molecular formula is C13H13FN2O2. The van der Waals surface area contributed by atoms with Gasteiger partial charge in [-0.1, -0.05) is 6.92 Å². The number of hydrogen-bond acceptors (Lipinski definition) is 3. The van der Waals surface area contributed by atoms with Crippen LogP contribution in [0.3, 0.4) is 0 Å². The molecule has 0 aromatic heterocycles. The number of carboxylic acid groups (broad SMARTS) is 1. The van der Waals surface area contributed by atoms with Crippen LogP contribution in [-0.2, 0) is 4.79 Å². The molecule has 2 unspecified atom stereocenters. The molecule has 1 aromatic carbocycles. The smallest absolute Gasteiger partial charge is 0.326 e. The van der Waals surface area contributed by atoms with E-state index in [-0.39, 0.29) is 17.2 Å². The summed E-state index contributed by atoms with van der Waals surface area (Å²) in [6.07, 6.45) is 0.719. The predicted octanol–water partition coefficient (Wildman–Crippen LogP) is 2.00. The molecule has 5 heteroatoms. The number of rotatable bonds is 2. The van der Waals surface area contributed by atoms with Crippen molar-refractivity contribution in [3.63, 3.8) is 0 Å². The van der Waals surface area contributed by atoms with E-state index in [1.165, 1.54) is 12.1 Å². The number of halogens is 1. The van der Waals surface area contributed by atoms with Crippen LogP contribution in [0.15, 0.2) is 18.2 Å². The molecule has 1 heterocycles. The predicted molar refractivity (Wildman–Crippen MR) is 63.7 cm³/mol. The Labute approximate surface area is 104 Å². The van der Waals surface area contributed by atoms with Crippen molar-refractivity contribution < 1.29 is 14.3 Å². The molecule has 0 aliphatic carbocycles. The number of aliphatic carboxylic acids is 1. The molecule has 2 rings (SSSR count). The summed E-state index contributed by atoms with van der Waals surface area (Å²) < 4.78 is 13.9. The first kappa shape index (κ1) is 12.4.